The number of rotatable bonds is 6. The van der Waals surface area contributed by atoms with Gasteiger partial charge in [0.15, 0.2) is 4.34 Å². The Hall–Kier alpha value is -0.330. The van der Waals surface area contributed by atoms with Crippen molar-refractivity contribution in [1.82, 2.24) is 10.2 Å². The van der Waals surface area contributed by atoms with Crippen molar-refractivity contribution in [3.63, 3.8) is 0 Å². The molecule has 0 spiro atoms. The fourth-order valence-corrected chi connectivity index (χ4v) is 3.02. The molecule has 0 saturated carbocycles. The summed E-state index contributed by atoms with van der Waals surface area (Å²) in [6.07, 6.45) is 1.38. The van der Waals surface area contributed by atoms with Crippen molar-refractivity contribution in [3.8, 4) is 0 Å². The summed E-state index contributed by atoms with van der Waals surface area (Å²) < 4.78 is 0.885. The molecule has 1 aromatic heterocycles. The molecule has 1 aromatic rings. The molecule has 0 aromatic carbocycles. The van der Waals surface area contributed by atoms with E-state index in [4.69, 9.17) is 11.6 Å². The van der Waals surface area contributed by atoms with E-state index < -0.39 is 0 Å². The molecule has 1 amide bonds. The first-order valence-electron chi connectivity index (χ1n) is 5.01. The summed E-state index contributed by atoms with van der Waals surface area (Å²) in [5.41, 5.74) is 0. The number of carbonyl (C=O) groups is 1. The quantitative estimate of drug-likeness (QED) is 0.494. The Morgan fingerprint density at radius 3 is 3.00 bits per heavy atom. The van der Waals surface area contributed by atoms with Crippen LogP contribution < -0.4 is 5.32 Å². The molecular formula is C9H14ClN3OS2. The van der Waals surface area contributed by atoms with Crippen LogP contribution in [0.3, 0.4) is 0 Å². The van der Waals surface area contributed by atoms with Crippen molar-refractivity contribution in [2.45, 2.75) is 36.3 Å². The second-order valence-electron chi connectivity index (χ2n) is 3.20. The van der Waals surface area contributed by atoms with Gasteiger partial charge in [-0.1, -0.05) is 36.9 Å². The third-order valence-corrected chi connectivity index (χ3v) is 4.23. The maximum absolute atomic E-state index is 11.2. The van der Waals surface area contributed by atoms with Crippen LogP contribution in [0.15, 0.2) is 4.34 Å². The van der Waals surface area contributed by atoms with E-state index in [1.807, 2.05) is 0 Å². The highest BCUT2D eigenvalue weighted by Gasteiger charge is 2.10. The van der Waals surface area contributed by atoms with Gasteiger partial charge in [-0.2, -0.15) is 0 Å². The number of halogens is 1. The summed E-state index contributed by atoms with van der Waals surface area (Å²) in [7, 11) is 0. The summed E-state index contributed by atoms with van der Waals surface area (Å²) in [6, 6.07) is 0. The molecule has 0 radical (unpaired) electrons. The lowest BCUT2D eigenvalue weighted by atomic mass is 10.4. The number of carbonyl (C=O) groups excluding carboxylic acids is 1. The van der Waals surface area contributed by atoms with Gasteiger partial charge in [-0.25, -0.2) is 0 Å². The maximum atomic E-state index is 11.2. The van der Waals surface area contributed by atoms with Crippen molar-refractivity contribution >= 4 is 45.7 Å². The summed E-state index contributed by atoms with van der Waals surface area (Å²) >= 11 is 8.53. The zero-order valence-corrected chi connectivity index (χ0v) is 11.6. The molecule has 1 N–H and O–H groups in total. The minimum absolute atomic E-state index is 0.119. The summed E-state index contributed by atoms with van der Waals surface area (Å²) in [6.45, 7) is 4.26. The number of amides is 1. The molecule has 0 aliphatic carbocycles. The molecule has 1 atom stereocenters. The molecular weight excluding hydrogens is 266 g/mol. The van der Waals surface area contributed by atoms with Crippen LogP contribution in [0.5, 0.6) is 0 Å². The van der Waals surface area contributed by atoms with Crippen molar-refractivity contribution in [2.75, 3.05) is 11.2 Å². The molecule has 0 aliphatic heterocycles. The highest BCUT2D eigenvalue weighted by atomic mass is 35.5. The number of anilines is 1. The van der Waals surface area contributed by atoms with Gasteiger partial charge in [0.1, 0.15) is 0 Å². The normalized spacial score (nSPS) is 12.4. The van der Waals surface area contributed by atoms with Gasteiger partial charge in [-0.3, -0.25) is 4.79 Å². The minimum Gasteiger partial charge on any atom is -0.300 e. The molecule has 7 heteroatoms. The predicted octanol–water partition coefficient (Wildman–Crippen LogP) is 3.00. The van der Waals surface area contributed by atoms with Crippen LogP contribution in [-0.4, -0.2) is 27.2 Å². The monoisotopic (exact) mass is 279 g/mol. The van der Waals surface area contributed by atoms with Gasteiger partial charge in [-0.15, -0.1) is 21.8 Å². The Morgan fingerprint density at radius 1 is 1.62 bits per heavy atom. The number of aromatic nitrogens is 2. The van der Waals surface area contributed by atoms with Crippen LogP contribution in [0.4, 0.5) is 5.13 Å². The average Bonchev–Trinajstić information content (AvgIpc) is 2.65. The number of thioether (sulfide) groups is 1. The Kier molecular flexibility index (Phi) is 6.08. The molecule has 1 rings (SSSR count). The minimum atomic E-state index is -0.119. The Bertz CT molecular complexity index is 345. The smallest absolute Gasteiger partial charge is 0.227 e. The average molecular weight is 280 g/mol. The summed E-state index contributed by atoms with van der Waals surface area (Å²) in [4.78, 5) is 11.2. The molecule has 1 heterocycles. The van der Waals surface area contributed by atoms with Crippen molar-refractivity contribution in [3.05, 3.63) is 0 Å². The Balaban J connectivity index is 2.48. The van der Waals surface area contributed by atoms with Gasteiger partial charge in [0, 0.05) is 17.6 Å². The van der Waals surface area contributed by atoms with Gasteiger partial charge in [0.05, 0.1) is 0 Å². The number of nitrogens with zero attached hydrogens (tertiary/aromatic N) is 2. The Labute approximate surface area is 108 Å². The molecule has 0 bridgehead atoms. The van der Waals surface area contributed by atoms with Gasteiger partial charge < -0.3 is 5.32 Å². The van der Waals surface area contributed by atoms with Gasteiger partial charge in [0.25, 0.3) is 0 Å². The number of nitrogens with one attached hydrogen (secondary N) is 1. The first-order valence-corrected chi connectivity index (χ1v) is 7.24. The second kappa shape index (κ2) is 7.09. The lowest BCUT2D eigenvalue weighted by molar-refractivity contribution is -0.115. The van der Waals surface area contributed by atoms with Gasteiger partial charge in [-0.05, 0) is 6.42 Å². The molecule has 0 fully saturated rings. The number of hydrogen-bond acceptors (Lipinski definition) is 5. The fraction of sp³-hybridized carbons (Fsp3) is 0.667. The van der Waals surface area contributed by atoms with Crippen LogP contribution in [0, 0.1) is 0 Å². The van der Waals surface area contributed by atoms with E-state index in [0.717, 1.165) is 10.8 Å². The van der Waals surface area contributed by atoms with Crippen LogP contribution >= 0.6 is 34.7 Å². The van der Waals surface area contributed by atoms with Crippen molar-refractivity contribution in [2.24, 2.45) is 0 Å². The van der Waals surface area contributed by atoms with Crippen molar-refractivity contribution in [1.29, 1.82) is 0 Å². The third kappa shape index (κ3) is 4.67. The summed E-state index contributed by atoms with van der Waals surface area (Å²) in [5.74, 6) is 0.199. The molecule has 0 saturated heterocycles. The van der Waals surface area contributed by atoms with E-state index in [2.05, 4.69) is 29.4 Å². The molecule has 16 heavy (non-hydrogen) atoms. The zero-order valence-electron chi connectivity index (χ0n) is 9.20. The fourth-order valence-electron chi connectivity index (χ4n) is 0.831. The molecule has 4 nitrogen and oxygen atoms in total. The predicted molar refractivity (Wildman–Crippen MR) is 69.5 cm³/mol. The van der Waals surface area contributed by atoms with Crippen LogP contribution in [-0.2, 0) is 4.79 Å². The van der Waals surface area contributed by atoms with Gasteiger partial charge in [0.2, 0.25) is 11.0 Å². The largest absolute Gasteiger partial charge is 0.300 e. The van der Waals surface area contributed by atoms with Crippen LogP contribution in [0.25, 0.3) is 0 Å². The second-order valence-corrected chi connectivity index (χ2v) is 6.24. The van der Waals surface area contributed by atoms with E-state index in [-0.39, 0.29) is 5.91 Å². The molecule has 0 unspecified atom stereocenters. The standard InChI is InChI=1S/C9H14ClN3OS2/c1-3-6(2)15-9-13-12-8(16-9)11-7(14)4-5-10/h6H,3-5H2,1-2H3,(H,11,12,14)/t6-/m1/s1. The molecule has 0 aliphatic rings. The highest BCUT2D eigenvalue weighted by molar-refractivity contribution is 8.01. The third-order valence-electron chi connectivity index (χ3n) is 1.85. The van der Waals surface area contributed by atoms with Crippen molar-refractivity contribution < 1.29 is 4.79 Å². The van der Waals surface area contributed by atoms with Gasteiger partial charge >= 0.3 is 0 Å². The first kappa shape index (κ1) is 13.7. The van der Waals surface area contributed by atoms with E-state index in [1.54, 1.807) is 11.8 Å². The number of hydrogen-bond donors (Lipinski definition) is 1. The number of alkyl halides is 1. The van der Waals surface area contributed by atoms with E-state index in [0.29, 0.717) is 22.7 Å². The lowest BCUT2D eigenvalue weighted by Gasteiger charge is -2.02. The SMILES string of the molecule is CC[C@@H](C)Sc1nnc(NC(=O)CCCl)s1. The van der Waals surface area contributed by atoms with E-state index in [1.165, 1.54) is 11.3 Å². The highest BCUT2D eigenvalue weighted by Crippen LogP contribution is 2.29. The lowest BCUT2D eigenvalue weighted by Crippen LogP contribution is -2.11. The van der Waals surface area contributed by atoms with Crippen LogP contribution in [0.2, 0.25) is 0 Å². The van der Waals surface area contributed by atoms with E-state index >= 15 is 0 Å². The van der Waals surface area contributed by atoms with E-state index in [9.17, 15) is 4.79 Å². The Morgan fingerprint density at radius 2 is 2.38 bits per heavy atom. The first-order chi connectivity index (χ1) is 7.65. The zero-order chi connectivity index (χ0) is 12.0. The molecule has 90 valence electrons. The summed E-state index contributed by atoms with van der Waals surface area (Å²) in [5, 5.41) is 11.6. The van der Waals surface area contributed by atoms with Crippen LogP contribution in [0.1, 0.15) is 26.7 Å². The topological polar surface area (TPSA) is 54.9 Å². The maximum Gasteiger partial charge on any atom is 0.227 e.